The van der Waals surface area contributed by atoms with Gasteiger partial charge in [-0.1, -0.05) is 37.3 Å². The van der Waals surface area contributed by atoms with Crippen LogP contribution < -0.4 is 9.46 Å². The summed E-state index contributed by atoms with van der Waals surface area (Å²) >= 11 is -2.40. The predicted molar refractivity (Wildman–Crippen MR) is 104 cm³/mol. The number of aryl methyl sites for hydroxylation is 1. The maximum Gasteiger partial charge on any atom is 0.122 e. The molecule has 0 bridgehead atoms. The van der Waals surface area contributed by atoms with Crippen LogP contribution in [0.5, 0.6) is 5.75 Å². The predicted octanol–water partition coefficient (Wildman–Crippen LogP) is 3.73. The van der Waals surface area contributed by atoms with Gasteiger partial charge in [0.05, 0.1) is 18.9 Å². The van der Waals surface area contributed by atoms with Crippen LogP contribution in [-0.2, 0) is 24.3 Å². The van der Waals surface area contributed by atoms with Gasteiger partial charge in [-0.25, -0.2) is 0 Å². The number of nitrogens with one attached hydrogen (secondary N) is 1. The van der Waals surface area contributed by atoms with Crippen molar-refractivity contribution >= 4 is 17.0 Å². The normalized spacial score (nSPS) is 13.2. The minimum atomic E-state index is -2.40. The molecule has 2 rings (SSSR count). The molecule has 0 fully saturated rings. The fourth-order valence-corrected chi connectivity index (χ4v) is 3.28. The minimum absolute atomic E-state index is 0.203. The molecule has 0 aliphatic carbocycles. The summed E-state index contributed by atoms with van der Waals surface area (Å²) in [5.74, 6) is 1.38. The largest absolute Gasteiger partial charge is 0.755 e. The Labute approximate surface area is 157 Å². The molecule has 0 amide bonds. The average molecular weight is 376 g/mol. The van der Waals surface area contributed by atoms with Crippen molar-refractivity contribution in [3.8, 4) is 5.75 Å². The molecular formula is C20H26NO4S-. The number of benzene rings is 2. The number of para-hydroxylation sites is 1. The highest BCUT2D eigenvalue weighted by atomic mass is 32.2. The lowest BCUT2D eigenvalue weighted by Crippen LogP contribution is -2.08. The average Bonchev–Trinajstić information content (AvgIpc) is 2.60. The van der Waals surface area contributed by atoms with E-state index in [9.17, 15) is 13.9 Å². The van der Waals surface area contributed by atoms with Gasteiger partial charge in [0.25, 0.3) is 0 Å². The van der Waals surface area contributed by atoms with Crippen molar-refractivity contribution in [1.82, 2.24) is 0 Å². The van der Waals surface area contributed by atoms with Crippen molar-refractivity contribution in [2.24, 2.45) is 5.92 Å². The number of hydrogen-bond acceptors (Lipinski definition) is 4. The van der Waals surface area contributed by atoms with E-state index >= 15 is 0 Å². The van der Waals surface area contributed by atoms with Crippen LogP contribution in [0.1, 0.15) is 36.5 Å². The fourth-order valence-electron chi connectivity index (χ4n) is 2.91. The lowest BCUT2D eigenvalue weighted by Gasteiger charge is -2.16. The first-order valence-electron chi connectivity index (χ1n) is 8.76. The third-order valence-electron chi connectivity index (χ3n) is 4.31. The van der Waals surface area contributed by atoms with Crippen molar-refractivity contribution in [3.63, 3.8) is 0 Å². The van der Waals surface area contributed by atoms with Gasteiger partial charge in [0.15, 0.2) is 0 Å². The zero-order valence-electron chi connectivity index (χ0n) is 15.2. The van der Waals surface area contributed by atoms with Gasteiger partial charge in [0.1, 0.15) is 5.75 Å². The first kappa shape index (κ1) is 20.4. The molecule has 0 spiro atoms. The Morgan fingerprint density at radius 1 is 1.27 bits per heavy atom. The molecule has 0 heterocycles. The quantitative estimate of drug-likeness (QED) is 0.489. The fraction of sp³-hybridized carbons (Fsp3) is 0.400. The molecule has 6 heteroatoms. The van der Waals surface area contributed by atoms with Crippen molar-refractivity contribution < 1.29 is 18.6 Å². The van der Waals surface area contributed by atoms with Gasteiger partial charge < -0.3 is 19.1 Å². The summed E-state index contributed by atoms with van der Waals surface area (Å²) in [7, 11) is 0. The molecule has 0 radical (unpaired) electrons. The summed E-state index contributed by atoms with van der Waals surface area (Å²) < 4.78 is 29.9. The number of hydrogen-bond donors (Lipinski definition) is 2. The van der Waals surface area contributed by atoms with E-state index in [1.165, 1.54) is 0 Å². The summed E-state index contributed by atoms with van der Waals surface area (Å²) in [6.07, 6.45) is 2.82. The van der Waals surface area contributed by atoms with Crippen LogP contribution in [0.3, 0.4) is 0 Å². The molecule has 26 heavy (non-hydrogen) atoms. The van der Waals surface area contributed by atoms with E-state index in [1.54, 1.807) is 12.1 Å². The maximum atomic E-state index is 10.9. The smallest absolute Gasteiger partial charge is 0.122 e. The third-order valence-corrected chi connectivity index (χ3v) is 4.70. The van der Waals surface area contributed by atoms with E-state index in [0.29, 0.717) is 23.8 Å². The highest BCUT2D eigenvalue weighted by molar-refractivity contribution is 7.80. The monoisotopic (exact) mass is 376 g/mol. The van der Waals surface area contributed by atoms with Crippen molar-refractivity contribution in [2.75, 3.05) is 11.3 Å². The first-order chi connectivity index (χ1) is 12.5. The maximum absolute atomic E-state index is 10.9. The highest BCUT2D eigenvalue weighted by Crippen LogP contribution is 2.22. The molecule has 2 aromatic carbocycles. The Bertz CT molecular complexity index is 736. The topological polar surface area (TPSA) is 81.6 Å². The molecule has 0 aliphatic heterocycles. The zero-order chi connectivity index (χ0) is 18.9. The minimum Gasteiger partial charge on any atom is -0.755 e. The summed E-state index contributed by atoms with van der Waals surface area (Å²) in [6, 6.07) is 13.5. The van der Waals surface area contributed by atoms with Gasteiger partial charge in [0.2, 0.25) is 0 Å². The molecule has 5 nitrogen and oxygen atoms in total. The highest BCUT2D eigenvalue weighted by Gasteiger charge is 2.08. The molecule has 2 N–H and O–H groups in total. The van der Waals surface area contributed by atoms with Crippen molar-refractivity contribution in [2.45, 2.75) is 39.7 Å². The number of aliphatic hydroxyl groups excluding tert-OH is 1. The molecule has 142 valence electrons. The van der Waals surface area contributed by atoms with Gasteiger partial charge in [0, 0.05) is 16.8 Å². The van der Waals surface area contributed by atoms with Gasteiger partial charge in [-0.2, -0.15) is 0 Å². The molecular weight excluding hydrogens is 350 g/mol. The lowest BCUT2D eigenvalue weighted by molar-refractivity contribution is 0.282. The number of rotatable bonds is 10. The molecule has 2 aromatic rings. The van der Waals surface area contributed by atoms with Crippen LogP contribution in [0.2, 0.25) is 0 Å². The van der Waals surface area contributed by atoms with Crippen LogP contribution in [-0.4, -0.2) is 20.5 Å². The van der Waals surface area contributed by atoms with Crippen LogP contribution in [0.4, 0.5) is 5.69 Å². The second kappa shape index (κ2) is 10.3. The lowest BCUT2D eigenvalue weighted by atomic mass is 9.95. The van der Waals surface area contributed by atoms with Crippen LogP contribution in [0.25, 0.3) is 0 Å². The Kier molecular flexibility index (Phi) is 8.09. The van der Waals surface area contributed by atoms with Gasteiger partial charge in [-0.05, 0) is 55.4 Å². The second-order valence-corrected chi connectivity index (χ2v) is 7.23. The Balaban J connectivity index is 1.82. The summed E-state index contributed by atoms with van der Waals surface area (Å²) in [5, 5.41) is 9.31. The van der Waals surface area contributed by atoms with E-state index in [-0.39, 0.29) is 6.61 Å². The molecule has 0 aromatic heterocycles. The van der Waals surface area contributed by atoms with Gasteiger partial charge >= 0.3 is 0 Å². The molecule has 2 unspecified atom stereocenters. The molecule has 2 atom stereocenters. The van der Waals surface area contributed by atoms with Crippen LogP contribution in [0.15, 0.2) is 42.5 Å². The van der Waals surface area contributed by atoms with Crippen molar-refractivity contribution in [1.29, 1.82) is 0 Å². The number of anilines is 1. The molecule has 0 saturated heterocycles. The van der Waals surface area contributed by atoms with E-state index in [2.05, 4.69) is 11.6 Å². The Morgan fingerprint density at radius 3 is 2.73 bits per heavy atom. The number of aliphatic hydroxyl groups is 1. The van der Waals surface area contributed by atoms with E-state index in [0.717, 1.165) is 36.1 Å². The Hall–Kier alpha value is -1.89. The summed E-state index contributed by atoms with van der Waals surface area (Å²) in [4.78, 5) is 0. The van der Waals surface area contributed by atoms with Gasteiger partial charge in [-0.15, -0.1) is 0 Å². The van der Waals surface area contributed by atoms with E-state index in [1.807, 2.05) is 37.3 Å². The summed E-state index contributed by atoms with van der Waals surface area (Å²) in [6.45, 7) is 4.69. The standard InChI is InChI=1S/C20H27NO4S/c1-15(6-5-11-25-20-8-4-3-7-16(20)2)12-17-9-10-18(14-22)19(13-17)21-26(23)24/h3-4,7-10,13,15,21-22H,5-6,11-12,14H2,1-2H3,(H,23,24)/p-1. The SMILES string of the molecule is Cc1ccccc1OCCCC(C)Cc1ccc(CO)c(NS(=O)[O-])c1. The first-order valence-corrected chi connectivity index (χ1v) is 9.84. The molecule has 0 saturated carbocycles. The Morgan fingerprint density at radius 2 is 2.04 bits per heavy atom. The van der Waals surface area contributed by atoms with Crippen LogP contribution in [0, 0.1) is 12.8 Å². The van der Waals surface area contributed by atoms with E-state index in [4.69, 9.17) is 4.74 Å². The van der Waals surface area contributed by atoms with Crippen molar-refractivity contribution in [3.05, 3.63) is 59.2 Å². The van der Waals surface area contributed by atoms with E-state index < -0.39 is 11.3 Å². The number of ether oxygens (including phenoxy) is 1. The van der Waals surface area contributed by atoms with Crippen LogP contribution >= 0.6 is 0 Å². The van der Waals surface area contributed by atoms with Gasteiger partial charge in [-0.3, -0.25) is 4.21 Å². The second-order valence-electron chi connectivity index (χ2n) is 6.55. The zero-order valence-corrected chi connectivity index (χ0v) is 16.1. The summed E-state index contributed by atoms with van der Waals surface area (Å²) in [5.41, 5.74) is 3.19. The molecule has 0 aliphatic rings. The third kappa shape index (κ3) is 6.44.